The van der Waals surface area contributed by atoms with Gasteiger partial charge in [-0.05, 0) is 40.2 Å². The Morgan fingerprint density at radius 3 is 2.68 bits per heavy atom. The standard InChI is InChI=1S/C14H11BrN2O.HI/c1-18-13-5-3-2-4-11(13)12-9-17-8-10(15)6-7-14(17)16-12;/h2-9H,1H3;1H/p-1. The molecule has 0 bridgehead atoms. The molecule has 2 heterocycles. The Morgan fingerprint density at radius 1 is 1.11 bits per heavy atom. The molecule has 0 saturated heterocycles. The van der Waals surface area contributed by atoms with Crippen molar-refractivity contribution in [3.05, 3.63) is 53.3 Å². The van der Waals surface area contributed by atoms with E-state index in [0.29, 0.717) is 0 Å². The van der Waals surface area contributed by atoms with Gasteiger partial charge in [0.25, 0.3) is 0 Å². The van der Waals surface area contributed by atoms with Gasteiger partial charge in [0, 0.05) is 22.4 Å². The molecule has 19 heavy (non-hydrogen) atoms. The number of imidazole rings is 1. The van der Waals surface area contributed by atoms with E-state index in [1.54, 1.807) is 7.11 Å². The van der Waals surface area contributed by atoms with E-state index in [0.717, 1.165) is 27.1 Å². The summed E-state index contributed by atoms with van der Waals surface area (Å²) in [6, 6.07) is 11.8. The van der Waals surface area contributed by atoms with E-state index in [4.69, 9.17) is 4.74 Å². The van der Waals surface area contributed by atoms with Gasteiger partial charge < -0.3 is 33.1 Å². The molecule has 0 spiro atoms. The highest BCUT2D eigenvalue weighted by atomic mass is 127. The minimum absolute atomic E-state index is 0. The highest BCUT2D eigenvalue weighted by molar-refractivity contribution is 9.10. The summed E-state index contributed by atoms with van der Waals surface area (Å²) in [5.41, 5.74) is 2.82. The van der Waals surface area contributed by atoms with Crippen LogP contribution in [-0.4, -0.2) is 16.5 Å². The molecule has 0 aliphatic rings. The molecule has 0 aliphatic carbocycles. The Balaban J connectivity index is 0.00000133. The number of nitrogens with zero attached hydrogens (tertiary/aromatic N) is 2. The minimum atomic E-state index is 0. The van der Waals surface area contributed by atoms with Crippen LogP contribution in [0, 0.1) is 0 Å². The first-order chi connectivity index (χ1) is 8.78. The lowest BCUT2D eigenvalue weighted by atomic mass is 10.1. The van der Waals surface area contributed by atoms with Crippen molar-refractivity contribution in [2.24, 2.45) is 0 Å². The molecule has 3 aromatic rings. The van der Waals surface area contributed by atoms with Crippen LogP contribution in [-0.2, 0) is 0 Å². The molecular weight excluding hydrogens is 419 g/mol. The maximum atomic E-state index is 5.36. The van der Waals surface area contributed by atoms with Crippen LogP contribution in [0.25, 0.3) is 16.9 Å². The Labute approximate surface area is 136 Å². The number of hydrogen-bond donors (Lipinski definition) is 0. The molecule has 0 fully saturated rings. The van der Waals surface area contributed by atoms with E-state index in [9.17, 15) is 0 Å². The first-order valence-corrected chi connectivity index (χ1v) is 6.35. The van der Waals surface area contributed by atoms with Crippen LogP contribution in [0.5, 0.6) is 5.75 Å². The van der Waals surface area contributed by atoms with Crippen molar-refractivity contribution >= 4 is 21.6 Å². The van der Waals surface area contributed by atoms with Gasteiger partial charge in [-0.25, -0.2) is 4.98 Å². The number of halogens is 2. The molecule has 3 rings (SSSR count). The number of fused-ring (bicyclic) bond motifs is 1. The van der Waals surface area contributed by atoms with Crippen molar-refractivity contribution in [1.29, 1.82) is 0 Å². The Hall–Kier alpha value is -1.08. The lowest BCUT2D eigenvalue weighted by molar-refractivity contribution is -0.00000382. The quantitative estimate of drug-likeness (QED) is 0.563. The third-order valence-electron chi connectivity index (χ3n) is 2.80. The van der Waals surface area contributed by atoms with Crippen LogP contribution in [0.15, 0.2) is 53.3 Å². The summed E-state index contributed by atoms with van der Waals surface area (Å²) in [6.07, 6.45) is 3.99. The van der Waals surface area contributed by atoms with Gasteiger partial charge in [-0.2, -0.15) is 0 Å². The zero-order valence-corrected chi connectivity index (χ0v) is 13.9. The average Bonchev–Trinajstić information content (AvgIpc) is 2.81. The normalized spacial score (nSPS) is 10.2. The van der Waals surface area contributed by atoms with Crippen molar-refractivity contribution in [2.45, 2.75) is 0 Å². The zero-order chi connectivity index (χ0) is 12.5. The molecule has 98 valence electrons. The smallest absolute Gasteiger partial charge is 0.137 e. The van der Waals surface area contributed by atoms with Crippen LogP contribution < -0.4 is 28.7 Å². The maximum absolute atomic E-state index is 5.36. The lowest BCUT2D eigenvalue weighted by Gasteiger charge is -2.04. The van der Waals surface area contributed by atoms with Crippen molar-refractivity contribution in [3.63, 3.8) is 0 Å². The SMILES string of the molecule is COc1ccccc1-c1cn2cc(Br)ccc2n1.[I-]. The first kappa shape index (κ1) is 14.3. The summed E-state index contributed by atoms with van der Waals surface area (Å²) in [6.45, 7) is 0. The molecule has 0 unspecified atom stereocenters. The second-order valence-corrected chi connectivity index (χ2v) is 4.85. The minimum Gasteiger partial charge on any atom is -1.00 e. The molecule has 0 radical (unpaired) electrons. The van der Waals surface area contributed by atoms with E-state index in [1.807, 2.05) is 53.2 Å². The number of rotatable bonds is 2. The van der Waals surface area contributed by atoms with Gasteiger partial charge in [-0.1, -0.05) is 12.1 Å². The zero-order valence-electron chi connectivity index (χ0n) is 10.2. The molecule has 5 heteroatoms. The van der Waals surface area contributed by atoms with E-state index in [2.05, 4.69) is 20.9 Å². The number of benzene rings is 1. The second kappa shape index (κ2) is 5.92. The summed E-state index contributed by atoms with van der Waals surface area (Å²) in [5.74, 6) is 0.833. The van der Waals surface area contributed by atoms with Crippen LogP contribution in [0.2, 0.25) is 0 Å². The molecule has 0 atom stereocenters. The molecule has 1 aromatic carbocycles. The van der Waals surface area contributed by atoms with Crippen LogP contribution in [0.3, 0.4) is 0 Å². The molecule has 0 amide bonds. The largest absolute Gasteiger partial charge is 1.00 e. The number of aromatic nitrogens is 2. The third kappa shape index (κ3) is 2.76. The molecule has 0 saturated carbocycles. The van der Waals surface area contributed by atoms with Crippen molar-refractivity contribution in [1.82, 2.24) is 9.38 Å². The van der Waals surface area contributed by atoms with Gasteiger partial charge in [0.15, 0.2) is 0 Å². The predicted molar refractivity (Wildman–Crippen MR) is 74.9 cm³/mol. The second-order valence-electron chi connectivity index (χ2n) is 3.94. The number of methoxy groups -OCH3 is 1. The van der Waals surface area contributed by atoms with Crippen LogP contribution in [0.1, 0.15) is 0 Å². The molecular formula is C14H11BrIN2O-. The van der Waals surface area contributed by atoms with Crippen LogP contribution >= 0.6 is 15.9 Å². The van der Waals surface area contributed by atoms with E-state index in [1.165, 1.54) is 0 Å². The lowest BCUT2D eigenvalue weighted by Crippen LogP contribution is -3.00. The Kier molecular flexibility index (Phi) is 4.46. The van der Waals surface area contributed by atoms with Crippen LogP contribution in [0.4, 0.5) is 0 Å². The third-order valence-corrected chi connectivity index (χ3v) is 3.27. The number of ether oxygens (including phenoxy) is 1. The molecule has 0 N–H and O–H groups in total. The summed E-state index contributed by atoms with van der Waals surface area (Å²) in [4.78, 5) is 4.59. The Morgan fingerprint density at radius 2 is 1.89 bits per heavy atom. The van der Waals surface area contributed by atoms with Gasteiger partial charge in [0.1, 0.15) is 11.4 Å². The summed E-state index contributed by atoms with van der Waals surface area (Å²) in [7, 11) is 1.67. The fraction of sp³-hybridized carbons (Fsp3) is 0.0714. The molecule has 0 aliphatic heterocycles. The van der Waals surface area contributed by atoms with E-state index in [-0.39, 0.29) is 24.0 Å². The van der Waals surface area contributed by atoms with Gasteiger partial charge in [0.05, 0.1) is 12.8 Å². The van der Waals surface area contributed by atoms with Gasteiger partial charge in [0.2, 0.25) is 0 Å². The van der Waals surface area contributed by atoms with Gasteiger partial charge >= 0.3 is 0 Å². The number of hydrogen-bond acceptors (Lipinski definition) is 2. The van der Waals surface area contributed by atoms with Crippen molar-refractivity contribution in [3.8, 4) is 17.0 Å². The average molecular weight is 430 g/mol. The highest BCUT2D eigenvalue weighted by Gasteiger charge is 2.09. The Bertz CT molecular complexity index is 711. The summed E-state index contributed by atoms with van der Waals surface area (Å²) >= 11 is 3.45. The number of para-hydroxylation sites is 1. The first-order valence-electron chi connectivity index (χ1n) is 5.55. The van der Waals surface area contributed by atoms with Crippen molar-refractivity contribution in [2.75, 3.05) is 7.11 Å². The van der Waals surface area contributed by atoms with E-state index >= 15 is 0 Å². The highest BCUT2D eigenvalue weighted by Crippen LogP contribution is 2.29. The summed E-state index contributed by atoms with van der Waals surface area (Å²) < 4.78 is 8.38. The van der Waals surface area contributed by atoms with Crippen molar-refractivity contribution < 1.29 is 28.7 Å². The monoisotopic (exact) mass is 429 g/mol. The molecule has 2 aromatic heterocycles. The van der Waals surface area contributed by atoms with E-state index < -0.39 is 0 Å². The fourth-order valence-corrected chi connectivity index (χ4v) is 2.30. The predicted octanol–water partition coefficient (Wildman–Crippen LogP) is 0.776. The maximum Gasteiger partial charge on any atom is 0.137 e. The topological polar surface area (TPSA) is 26.5 Å². The van der Waals surface area contributed by atoms with Gasteiger partial charge in [-0.3, -0.25) is 0 Å². The number of pyridine rings is 1. The fourth-order valence-electron chi connectivity index (χ4n) is 1.95. The summed E-state index contributed by atoms with van der Waals surface area (Å²) in [5, 5.41) is 0. The molecule has 3 nitrogen and oxygen atoms in total. The van der Waals surface area contributed by atoms with Gasteiger partial charge in [-0.15, -0.1) is 0 Å².